The molecule has 0 aromatic heterocycles. The van der Waals surface area contributed by atoms with Gasteiger partial charge in [0.25, 0.3) is 20.8 Å². The van der Waals surface area contributed by atoms with Crippen LogP contribution in [0.25, 0.3) is 0 Å². The second kappa shape index (κ2) is 21.5. The van der Waals surface area contributed by atoms with Gasteiger partial charge in [-0.2, -0.15) is 0 Å². The number of hydrogen-bond acceptors (Lipinski definition) is 9. The smallest absolute Gasteiger partial charge is 0.716 e. The number of aliphatic hydroxyl groups excluding tert-OH is 1. The summed E-state index contributed by atoms with van der Waals surface area (Å²) in [5.41, 5.74) is 4.14. The molecule has 0 amide bonds. The maximum atomic E-state index is 10.0. The van der Waals surface area contributed by atoms with Gasteiger partial charge in [0.15, 0.2) is 0 Å². The molecule has 212 valence electrons. The monoisotopic (exact) mass is 632 g/mol. The fourth-order valence-electron chi connectivity index (χ4n) is 2.68. The Labute approximate surface area is 245 Å². The first-order valence-electron chi connectivity index (χ1n) is 11.7. The summed E-state index contributed by atoms with van der Waals surface area (Å²) >= 11 is 0. The fourth-order valence-corrected chi connectivity index (χ4v) is 3.38. The van der Waals surface area contributed by atoms with Crippen molar-refractivity contribution in [2.75, 3.05) is 6.61 Å². The second-order valence-electron chi connectivity index (χ2n) is 8.25. The second-order valence-corrected chi connectivity index (χ2v) is 10.2. The Bertz CT molecular complexity index is 1150. The van der Waals surface area contributed by atoms with Gasteiger partial charge >= 0.3 is 19.5 Å². The summed E-state index contributed by atoms with van der Waals surface area (Å²) in [5.74, 6) is 0.0602. The Morgan fingerprint density at radius 3 is 1.38 bits per heavy atom. The number of hydrogen-bond donors (Lipinski definition) is 1. The molecular weight excluding hydrogens is 598 g/mol. The van der Waals surface area contributed by atoms with Gasteiger partial charge in [-0.3, -0.25) is 0 Å². The van der Waals surface area contributed by atoms with Crippen LogP contribution in [0.4, 0.5) is 0 Å². The van der Waals surface area contributed by atoms with Crippen molar-refractivity contribution in [3.05, 3.63) is 95.6 Å². The van der Waals surface area contributed by atoms with Crippen molar-refractivity contribution >= 4 is 20.8 Å². The summed E-state index contributed by atoms with van der Waals surface area (Å²) in [6.07, 6.45) is 10.9. The number of para-hydroxylation sites is 2. The van der Waals surface area contributed by atoms with E-state index in [1.807, 2.05) is 6.08 Å². The normalized spacial score (nSPS) is 11.5. The summed E-state index contributed by atoms with van der Waals surface area (Å²) in [6.45, 7) is 8.71. The van der Waals surface area contributed by atoms with Crippen LogP contribution in [0.3, 0.4) is 0 Å². The first kappa shape index (κ1) is 38.8. The van der Waals surface area contributed by atoms with Crippen molar-refractivity contribution in [1.29, 1.82) is 0 Å². The molecule has 0 bridgehead atoms. The summed E-state index contributed by atoms with van der Waals surface area (Å²) < 4.78 is 68.2. The van der Waals surface area contributed by atoms with E-state index in [9.17, 15) is 25.9 Å². The Balaban J connectivity index is 0. The van der Waals surface area contributed by atoms with Gasteiger partial charge in [0.05, 0.1) is 6.61 Å². The molecule has 0 atom stereocenters. The van der Waals surface area contributed by atoms with Crippen LogP contribution in [0.5, 0.6) is 11.5 Å². The molecule has 0 aliphatic rings. The van der Waals surface area contributed by atoms with E-state index < -0.39 is 20.8 Å². The number of rotatable bonds is 11. The van der Waals surface area contributed by atoms with Crippen LogP contribution in [-0.2, 0) is 40.3 Å². The van der Waals surface area contributed by atoms with E-state index in [0.29, 0.717) is 0 Å². The first-order valence-corrected chi connectivity index (χ1v) is 14.3. The molecule has 2 aromatic carbocycles. The van der Waals surface area contributed by atoms with Crippen LogP contribution >= 0.6 is 0 Å². The molecule has 0 fully saturated rings. The van der Waals surface area contributed by atoms with E-state index in [1.54, 1.807) is 36.4 Å². The van der Waals surface area contributed by atoms with Crippen LogP contribution in [0, 0.1) is 0 Å². The van der Waals surface area contributed by atoms with Crippen LogP contribution in [-0.4, -0.2) is 37.7 Å². The summed E-state index contributed by atoms with van der Waals surface area (Å²) in [4.78, 5) is 0. The quantitative estimate of drug-likeness (QED) is 0.147. The molecule has 0 radical (unpaired) electrons. The number of benzene rings is 2. The molecule has 12 heteroatoms. The Kier molecular flexibility index (Phi) is 21.4. The molecule has 0 spiro atoms. The first-order chi connectivity index (χ1) is 17.7. The van der Waals surface area contributed by atoms with Gasteiger partial charge in [-0.05, 0) is 77.6 Å². The van der Waals surface area contributed by atoms with E-state index >= 15 is 0 Å². The third-order valence-corrected chi connectivity index (χ3v) is 5.24. The maximum Gasteiger partial charge on any atom is 2.00 e. The molecule has 39 heavy (non-hydrogen) atoms. The largest absolute Gasteiger partial charge is 2.00 e. The van der Waals surface area contributed by atoms with Crippen molar-refractivity contribution in [3.63, 3.8) is 0 Å². The molecule has 0 unspecified atom stereocenters. The van der Waals surface area contributed by atoms with E-state index in [2.05, 4.69) is 48.2 Å². The molecule has 9 nitrogen and oxygen atoms in total. The van der Waals surface area contributed by atoms with Gasteiger partial charge in [-0.1, -0.05) is 71.3 Å². The Hall–Kier alpha value is -2.34. The average molecular weight is 634 g/mol. The Morgan fingerprint density at radius 2 is 1.05 bits per heavy atom. The van der Waals surface area contributed by atoms with Crippen molar-refractivity contribution in [3.8, 4) is 11.5 Å². The minimum atomic E-state index is -4.63. The van der Waals surface area contributed by atoms with Crippen LogP contribution in [0.15, 0.2) is 95.6 Å². The van der Waals surface area contributed by atoms with Crippen molar-refractivity contribution in [1.82, 2.24) is 0 Å². The minimum Gasteiger partial charge on any atom is -0.716 e. The van der Waals surface area contributed by atoms with Crippen LogP contribution in [0.2, 0.25) is 0 Å². The molecule has 0 aliphatic heterocycles. The van der Waals surface area contributed by atoms with Gasteiger partial charge in [-0.15, -0.1) is 0 Å². The van der Waals surface area contributed by atoms with Crippen molar-refractivity contribution < 1.29 is 58.9 Å². The third kappa shape index (κ3) is 27.0. The van der Waals surface area contributed by atoms with Gasteiger partial charge in [-0.25, -0.2) is 16.8 Å². The molecule has 0 saturated carbocycles. The van der Waals surface area contributed by atoms with E-state index in [0.717, 1.165) is 25.7 Å². The van der Waals surface area contributed by atoms with E-state index in [1.165, 1.54) is 41.0 Å². The third-order valence-electron chi connectivity index (χ3n) is 4.45. The fraction of sp³-hybridized carbons (Fsp3) is 0.333. The summed E-state index contributed by atoms with van der Waals surface area (Å²) in [5, 5.41) is 8.72. The predicted octanol–water partition coefficient (Wildman–Crippen LogP) is 5.45. The van der Waals surface area contributed by atoms with Crippen molar-refractivity contribution in [2.45, 2.75) is 53.4 Å². The van der Waals surface area contributed by atoms with E-state index in [4.69, 9.17) is 5.11 Å². The molecule has 0 aliphatic carbocycles. The molecule has 2 rings (SSSR count). The topological polar surface area (TPSA) is 153 Å². The predicted molar refractivity (Wildman–Crippen MR) is 146 cm³/mol. The van der Waals surface area contributed by atoms with Gasteiger partial charge in [0, 0.05) is 0 Å². The summed E-state index contributed by atoms with van der Waals surface area (Å²) in [6, 6.07) is 15.2. The maximum absolute atomic E-state index is 10.0. The molecule has 0 heterocycles. The number of allylic oxidation sites excluding steroid dienone is 5. The molecule has 1 N–H and O–H groups in total. The van der Waals surface area contributed by atoms with Crippen LogP contribution < -0.4 is 8.37 Å². The SMILES string of the molecule is CC(C)=CCCC(C)=CCCC(C)=CCO.O=S(=O)([O-])Oc1ccccc1.O=S(=O)([O-])Oc1ccccc1.[Zn+2]. The minimum absolute atomic E-state index is 0. The zero-order valence-corrected chi connectivity index (χ0v) is 27.4. The van der Waals surface area contributed by atoms with Crippen molar-refractivity contribution in [2.24, 2.45) is 0 Å². The zero-order chi connectivity index (χ0) is 29.0. The van der Waals surface area contributed by atoms with Gasteiger partial charge in [0.2, 0.25) is 0 Å². The summed E-state index contributed by atoms with van der Waals surface area (Å²) in [7, 11) is -9.25. The Morgan fingerprint density at radius 1 is 0.692 bits per heavy atom. The van der Waals surface area contributed by atoms with Crippen LogP contribution in [0.1, 0.15) is 53.4 Å². The standard InChI is InChI=1S/C15H26O.2C6H6O4S.Zn/c1-13(2)7-5-8-14(3)9-6-10-15(4)11-12-16;2*7-11(8,9)10-6-4-2-1-3-5-6;/h7,9,11,16H,5-6,8,10,12H2,1-4H3;2*1-5H,(H,7,8,9);/q;;;+2/p-2. The molecular formula is C27H36O9S2Zn. The average Bonchev–Trinajstić information content (AvgIpc) is 2.79. The molecule has 0 saturated heterocycles. The zero-order valence-electron chi connectivity index (χ0n) is 22.8. The van der Waals surface area contributed by atoms with Gasteiger partial charge < -0.3 is 22.6 Å². The van der Waals surface area contributed by atoms with E-state index in [-0.39, 0.29) is 37.6 Å². The number of aliphatic hydroxyl groups is 1. The molecule has 2 aromatic rings. The van der Waals surface area contributed by atoms with Gasteiger partial charge in [0.1, 0.15) is 11.5 Å².